The van der Waals surface area contributed by atoms with E-state index in [1.807, 2.05) is 25.1 Å². The lowest BCUT2D eigenvalue weighted by molar-refractivity contribution is -0.118. The number of imide groups is 1. The van der Waals surface area contributed by atoms with Crippen LogP contribution in [0.15, 0.2) is 42.5 Å². The summed E-state index contributed by atoms with van der Waals surface area (Å²) in [6, 6.07) is 12.1. The summed E-state index contributed by atoms with van der Waals surface area (Å²) >= 11 is 0. The zero-order chi connectivity index (χ0) is 16.4. The summed E-state index contributed by atoms with van der Waals surface area (Å²) in [6.07, 6.45) is 0. The molecule has 0 unspecified atom stereocenters. The normalized spacial score (nSPS) is 12.6. The molecule has 2 aromatic carbocycles. The SMILES string of the molecule is Cc1cccc(OCC(=O)Nc2cccc3c2C(=O)NC3=O)c1. The molecule has 0 spiro atoms. The quantitative estimate of drug-likeness (QED) is 0.845. The number of hydrogen-bond acceptors (Lipinski definition) is 4. The molecular formula is C17H14N2O4. The number of rotatable bonds is 4. The minimum absolute atomic E-state index is 0.182. The van der Waals surface area contributed by atoms with Crippen molar-refractivity contribution >= 4 is 23.4 Å². The first-order valence-electron chi connectivity index (χ1n) is 7.02. The zero-order valence-corrected chi connectivity index (χ0v) is 12.4. The first-order chi connectivity index (χ1) is 11.0. The van der Waals surface area contributed by atoms with Crippen LogP contribution in [0.2, 0.25) is 0 Å². The van der Waals surface area contributed by atoms with E-state index in [2.05, 4.69) is 10.6 Å². The average Bonchev–Trinajstić information content (AvgIpc) is 2.81. The summed E-state index contributed by atoms with van der Waals surface area (Å²) in [7, 11) is 0. The summed E-state index contributed by atoms with van der Waals surface area (Å²) in [5.74, 6) is -0.795. The third-order valence-electron chi connectivity index (χ3n) is 3.40. The van der Waals surface area contributed by atoms with Gasteiger partial charge in [-0.2, -0.15) is 0 Å². The monoisotopic (exact) mass is 310 g/mol. The van der Waals surface area contributed by atoms with Crippen molar-refractivity contribution in [3.8, 4) is 5.75 Å². The molecule has 116 valence electrons. The number of carbonyl (C=O) groups excluding carboxylic acids is 3. The Balaban J connectivity index is 1.70. The molecule has 1 heterocycles. The molecule has 0 fully saturated rings. The molecule has 0 aliphatic carbocycles. The lowest BCUT2D eigenvalue weighted by Gasteiger charge is -2.10. The topological polar surface area (TPSA) is 84.5 Å². The molecule has 0 aromatic heterocycles. The minimum atomic E-state index is -0.513. The van der Waals surface area contributed by atoms with Gasteiger partial charge in [-0.15, -0.1) is 0 Å². The van der Waals surface area contributed by atoms with Gasteiger partial charge in [0.05, 0.1) is 16.8 Å². The fourth-order valence-corrected chi connectivity index (χ4v) is 2.36. The van der Waals surface area contributed by atoms with Crippen molar-refractivity contribution < 1.29 is 19.1 Å². The number of ether oxygens (including phenoxy) is 1. The van der Waals surface area contributed by atoms with Crippen LogP contribution in [0.5, 0.6) is 5.75 Å². The van der Waals surface area contributed by atoms with E-state index in [4.69, 9.17) is 4.74 Å². The van der Waals surface area contributed by atoms with Crippen LogP contribution in [0.1, 0.15) is 26.3 Å². The van der Waals surface area contributed by atoms with E-state index in [1.54, 1.807) is 18.2 Å². The van der Waals surface area contributed by atoms with Crippen LogP contribution in [0.4, 0.5) is 5.69 Å². The first kappa shape index (κ1) is 14.8. The highest BCUT2D eigenvalue weighted by Crippen LogP contribution is 2.24. The highest BCUT2D eigenvalue weighted by Gasteiger charge is 2.29. The molecule has 0 radical (unpaired) electrons. The molecule has 1 aliphatic rings. The van der Waals surface area contributed by atoms with Gasteiger partial charge < -0.3 is 10.1 Å². The number of hydrogen-bond donors (Lipinski definition) is 2. The maximum atomic E-state index is 12.0. The van der Waals surface area contributed by atoms with Crippen LogP contribution in [0.25, 0.3) is 0 Å². The number of aryl methyl sites for hydroxylation is 1. The highest BCUT2D eigenvalue weighted by atomic mass is 16.5. The third-order valence-corrected chi connectivity index (χ3v) is 3.40. The van der Waals surface area contributed by atoms with Gasteiger partial charge in [0.2, 0.25) is 0 Å². The number of nitrogens with one attached hydrogen (secondary N) is 2. The molecular weight excluding hydrogens is 296 g/mol. The maximum absolute atomic E-state index is 12.0. The predicted molar refractivity (Wildman–Crippen MR) is 83.5 cm³/mol. The Kier molecular flexibility index (Phi) is 3.80. The molecule has 23 heavy (non-hydrogen) atoms. The number of anilines is 1. The second-order valence-corrected chi connectivity index (χ2v) is 5.16. The van der Waals surface area contributed by atoms with Crippen molar-refractivity contribution in [1.82, 2.24) is 5.32 Å². The van der Waals surface area contributed by atoms with Crippen LogP contribution < -0.4 is 15.4 Å². The second-order valence-electron chi connectivity index (χ2n) is 5.16. The van der Waals surface area contributed by atoms with Gasteiger partial charge in [0.15, 0.2) is 6.61 Å². The third kappa shape index (κ3) is 3.06. The maximum Gasteiger partial charge on any atom is 0.262 e. The van der Waals surface area contributed by atoms with Gasteiger partial charge in [0, 0.05) is 0 Å². The zero-order valence-electron chi connectivity index (χ0n) is 12.4. The van der Waals surface area contributed by atoms with Gasteiger partial charge >= 0.3 is 0 Å². The van der Waals surface area contributed by atoms with Gasteiger partial charge in [0.1, 0.15) is 5.75 Å². The van der Waals surface area contributed by atoms with Gasteiger partial charge in [-0.3, -0.25) is 19.7 Å². The Hall–Kier alpha value is -3.15. The Labute approximate surface area is 132 Å². The molecule has 0 bridgehead atoms. The van der Waals surface area contributed by atoms with Crippen LogP contribution in [-0.4, -0.2) is 24.3 Å². The Morgan fingerprint density at radius 1 is 1.13 bits per heavy atom. The molecule has 1 aliphatic heterocycles. The fourth-order valence-electron chi connectivity index (χ4n) is 2.36. The molecule has 6 nitrogen and oxygen atoms in total. The van der Waals surface area contributed by atoms with Crippen LogP contribution in [-0.2, 0) is 4.79 Å². The van der Waals surface area contributed by atoms with Crippen molar-refractivity contribution in [2.24, 2.45) is 0 Å². The predicted octanol–water partition coefficient (Wildman–Crippen LogP) is 1.90. The molecule has 2 N–H and O–H groups in total. The van der Waals surface area contributed by atoms with Crippen LogP contribution in [0.3, 0.4) is 0 Å². The fraction of sp³-hybridized carbons (Fsp3) is 0.118. The molecule has 0 saturated carbocycles. The van der Waals surface area contributed by atoms with Crippen molar-refractivity contribution in [2.75, 3.05) is 11.9 Å². The molecule has 0 saturated heterocycles. The molecule has 3 rings (SSSR count). The standard InChI is InChI=1S/C17H14N2O4/c1-10-4-2-5-11(8-10)23-9-14(20)18-13-7-3-6-12-15(13)17(22)19-16(12)21/h2-8H,9H2,1H3,(H,18,20)(H,19,21,22). The summed E-state index contributed by atoms with van der Waals surface area (Å²) in [4.78, 5) is 35.4. The Morgan fingerprint density at radius 2 is 1.91 bits per heavy atom. The molecule has 2 aromatic rings. The van der Waals surface area contributed by atoms with E-state index in [0.29, 0.717) is 11.4 Å². The van der Waals surface area contributed by atoms with Crippen molar-refractivity contribution in [3.63, 3.8) is 0 Å². The van der Waals surface area contributed by atoms with E-state index < -0.39 is 17.7 Å². The smallest absolute Gasteiger partial charge is 0.262 e. The van der Waals surface area contributed by atoms with Crippen LogP contribution >= 0.6 is 0 Å². The average molecular weight is 310 g/mol. The Bertz CT molecular complexity index is 814. The van der Waals surface area contributed by atoms with E-state index in [-0.39, 0.29) is 17.7 Å². The second kappa shape index (κ2) is 5.92. The minimum Gasteiger partial charge on any atom is -0.484 e. The number of amides is 3. The van der Waals surface area contributed by atoms with Crippen molar-refractivity contribution in [1.29, 1.82) is 0 Å². The lowest BCUT2D eigenvalue weighted by atomic mass is 10.1. The van der Waals surface area contributed by atoms with Gasteiger partial charge in [-0.1, -0.05) is 18.2 Å². The Morgan fingerprint density at radius 3 is 2.70 bits per heavy atom. The summed E-state index contributed by atoms with van der Waals surface area (Å²) in [5.41, 5.74) is 1.76. The lowest BCUT2D eigenvalue weighted by Crippen LogP contribution is -2.23. The van der Waals surface area contributed by atoms with E-state index >= 15 is 0 Å². The van der Waals surface area contributed by atoms with Gasteiger partial charge in [-0.25, -0.2) is 0 Å². The van der Waals surface area contributed by atoms with Gasteiger partial charge in [0.25, 0.3) is 17.7 Å². The van der Waals surface area contributed by atoms with Crippen molar-refractivity contribution in [2.45, 2.75) is 6.92 Å². The highest BCUT2D eigenvalue weighted by molar-refractivity contribution is 6.24. The molecule has 0 atom stereocenters. The number of fused-ring (bicyclic) bond motifs is 1. The van der Waals surface area contributed by atoms with Gasteiger partial charge in [-0.05, 0) is 36.8 Å². The van der Waals surface area contributed by atoms with Crippen LogP contribution in [0, 0.1) is 6.92 Å². The molecule has 3 amide bonds. The summed E-state index contributed by atoms with van der Waals surface area (Å²) in [5, 5.41) is 4.80. The summed E-state index contributed by atoms with van der Waals surface area (Å²) < 4.78 is 5.41. The number of benzene rings is 2. The number of carbonyl (C=O) groups is 3. The molecule has 6 heteroatoms. The first-order valence-corrected chi connectivity index (χ1v) is 7.02. The van der Waals surface area contributed by atoms with E-state index in [9.17, 15) is 14.4 Å². The largest absolute Gasteiger partial charge is 0.484 e. The van der Waals surface area contributed by atoms with E-state index in [0.717, 1.165) is 5.56 Å². The summed E-state index contributed by atoms with van der Waals surface area (Å²) in [6.45, 7) is 1.73. The van der Waals surface area contributed by atoms with E-state index in [1.165, 1.54) is 6.07 Å². The van der Waals surface area contributed by atoms with Crippen molar-refractivity contribution in [3.05, 3.63) is 59.2 Å².